The first kappa shape index (κ1) is 24.2. The van der Waals surface area contributed by atoms with Crippen LogP contribution in [0.25, 0.3) is 0 Å². The van der Waals surface area contributed by atoms with E-state index >= 15 is 0 Å². The van der Waals surface area contributed by atoms with Crippen LogP contribution in [-0.4, -0.2) is 0 Å². The number of hydrogen-bond donors (Lipinski definition) is 0. The summed E-state index contributed by atoms with van der Waals surface area (Å²) in [5.74, 6) is 0. The van der Waals surface area contributed by atoms with Gasteiger partial charge >= 0.3 is 22.4 Å². The minimum Gasteiger partial charge on any atom is -0.335 e. The van der Waals surface area contributed by atoms with Gasteiger partial charge in [-0.1, -0.05) is 0 Å². The summed E-state index contributed by atoms with van der Waals surface area (Å²) in [5, 5.41) is 7.32. The van der Waals surface area contributed by atoms with Crippen LogP contribution < -0.4 is 0 Å². The Morgan fingerprint density at radius 1 is 1.38 bits per heavy atom. The van der Waals surface area contributed by atoms with Gasteiger partial charge in [0.25, 0.3) is 0 Å². The van der Waals surface area contributed by atoms with Gasteiger partial charge in [0.05, 0.1) is 6.07 Å². The molecule has 0 atom stereocenters. The van der Waals surface area contributed by atoms with Gasteiger partial charge in [0, 0.05) is 6.92 Å². The maximum Gasteiger partial charge on any atom is 1.00 e. The van der Waals surface area contributed by atoms with Crippen molar-refractivity contribution in [3.63, 3.8) is 0 Å². The Morgan fingerprint density at radius 2 is 1.38 bits per heavy atom. The molecule has 0 aliphatic rings. The number of nitriles is 1. The van der Waals surface area contributed by atoms with Crippen molar-refractivity contribution in [3.05, 3.63) is 6.42 Å². The van der Waals surface area contributed by atoms with Crippen molar-refractivity contribution in [1.29, 1.82) is 5.26 Å². The summed E-state index contributed by atoms with van der Waals surface area (Å²) in [4.78, 5) is 0. The molecule has 0 aliphatic carbocycles. The molecule has 0 saturated carbocycles. The second-order valence-electron chi connectivity index (χ2n) is 0.801. The van der Waals surface area contributed by atoms with Crippen molar-refractivity contribution >= 4 is 0 Å². The summed E-state index contributed by atoms with van der Waals surface area (Å²) in [5.41, 5.74) is 0. The molecule has 54 valence electrons. The Kier molecular flexibility index (Phi) is 176. The fourth-order valence-corrected chi connectivity index (χ4v) is 0. The van der Waals surface area contributed by atoms with E-state index in [0.29, 0.717) is 0 Å². The second kappa shape index (κ2) is 58.2. The van der Waals surface area contributed by atoms with E-state index in [1.807, 2.05) is 20.3 Å². The molecular weight excluding hydrogens is 201 g/mol. The van der Waals surface area contributed by atoms with Gasteiger partial charge in [-0.25, -0.2) is 0 Å². The number of nitrogens with zero attached hydrogens (tertiary/aromatic N) is 1. The SMILES string of the molecule is CC#N.C[CH-]C.F.[Ag+]. The molecule has 0 radical (unpaired) electrons. The smallest absolute Gasteiger partial charge is 0.335 e. The maximum atomic E-state index is 7.32. The molecule has 8 heavy (non-hydrogen) atoms. The molecule has 1 nitrogen and oxygen atoms in total. The van der Waals surface area contributed by atoms with Crippen molar-refractivity contribution in [3.8, 4) is 6.07 Å². The molecule has 0 fully saturated rings. The molecule has 0 aliphatic heterocycles. The molecule has 0 N–H and O–H groups in total. The number of hydrogen-bond acceptors (Lipinski definition) is 1. The zero-order valence-corrected chi connectivity index (χ0v) is 6.72. The summed E-state index contributed by atoms with van der Waals surface area (Å²) in [7, 11) is 0. The fraction of sp³-hybridized carbons (Fsp3) is 0.600. The average molecular weight is 212 g/mol. The standard InChI is InChI=1S/C3H7.C2H3N.Ag.FH/c1-3-2;1-2-3;;/h3H,1-2H3;1H3;;1H/q-1;;+1;. The predicted octanol–water partition coefficient (Wildman–Crippen LogP) is 1.91. The zero-order chi connectivity index (χ0) is 5.41. The summed E-state index contributed by atoms with van der Waals surface area (Å²) in [6, 6.07) is 1.75. The van der Waals surface area contributed by atoms with Gasteiger partial charge in [-0.2, -0.15) is 19.1 Å². The Labute approximate surface area is 66.0 Å². The van der Waals surface area contributed by atoms with Gasteiger partial charge in [-0.05, 0) is 0 Å². The third-order valence-corrected chi connectivity index (χ3v) is 0. The molecular formula is C5H11AgFN. The minimum atomic E-state index is 0. The molecule has 0 heterocycles. The minimum absolute atomic E-state index is 0. The average Bonchev–Trinajstić information content (AvgIpc) is 1.39. The van der Waals surface area contributed by atoms with Gasteiger partial charge in [-0.15, -0.1) is 0 Å². The Morgan fingerprint density at radius 3 is 1.38 bits per heavy atom. The van der Waals surface area contributed by atoms with Gasteiger partial charge < -0.3 is 6.42 Å². The quantitative estimate of drug-likeness (QED) is 0.444. The van der Waals surface area contributed by atoms with Crippen LogP contribution in [0.5, 0.6) is 0 Å². The Balaban J connectivity index is -0.0000000160. The van der Waals surface area contributed by atoms with E-state index in [4.69, 9.17) is 5.26 Å². The first-order valence-electron chi connectivity index (χ1n) is 1.88. The largest absolute Gasteiger partial charge is 1.00 e. The third-order valence-electron chi connectivity index (χ3n) is 0. The van der Waals surface area contributed by atoms with Crippen molar-refractivity contribution in [2.45, 2.75) is 20.8 Å². The molecule has 0 aromatic rings. The van der Waals surface area contributed by atoms with Crippen LogP contribution in [0.3, 0.4) is 0 Å². The molecule has 0 aromatic carbocycles. The van der Waals surface area contributed by atoms with Crippen molar-refractivity contribution in [2.75, 3.05) is 0 Å². The van der Waals surface area contributed by atoms with Crippen LogP contribution >= 0.6 is 0 Å². The van der Waals surface area contributed by atoms with E-state index in [1.165, 1.54) is 6.92 Å². The molecule has 0 bridgehead atoms. The van der Waals surface area contributed by atoms with Crippen LogP contribution in [0, 0.1) is 17.8 Å². The van der Waals surface area contributed by atoms with E-state index in [2.05, 4.69) is 0 Å². The maximum absolute atomic E-state index is 7.32. The van der Waals surface area contributed by atoms with Gasteiger partial charge in [0.2, 0.25) is 0 Å². The summed E-state index contributed by atoms with van der Waals surface area (Å²) in [6.07, 6.45) is 2.00. The topological polar surface area (TPSA) is 23.8 Å². The molecule has 0 saturated heterocycles. The van der Waals surface area contributed by atoms with Crippen LogP contribution in [0.15, 0.2) is 0 Å². The van der Waals surface area contributed by atoms with E-state index < -0.39 is 0 Å². The number of halogens is 1. The van der Waals surface area contributed by atoms with Crippen molar-refractivity contribution < 1.29 is 27.1 Å². The van der Waals surface area contributed by atoms with E-state index in [0.717, 1.165) is 0 Å². The van der Waals surface area contributed by atoms with Gasteiger partial charge in [-0.3, -0.25) is 4.70 Å². The second-order valence-corrected chi connectivity index (χ2v) is 0.801. The molecule has 0 amide bonds. The summed E-state index contributed by atoms with van der Waals surface area (Å²) in [6.45, 7) is 5.43. The Hall–Kier alpha value is 0.160. The first-order valence-corrected chi connectivity index (χ1v) is 1.88. The van der Waals surface area contributed by atoms with Crippen LogP contribution in [0.4, 0.5) is 4.70 Å². The van der Waals surface area contributed by atoms with E-state index in [9.17, 15) is 0 Å². The zero-order valence-electron chi connectivity index (χ0n) is 5.23. The number of rotatable bonds is 0. The normalized spacial score (nSPS) is 3.25. The third kappa shape index (κ3) is 6390. The molecule has 3 heteroatoms. The van der Waals surface area contributed by atoms with Crippen LogP contribution in [-0.2, 0) is 22.4 Å². The summed E-state index contributed by atoms with van der Waals surface area (Å²) >= 11 is 0. The molecule has 0 aromatic heterocycles. The molecule has 0 rings (SSSR count). The van der Waals surface area contributed by atoms with E-state index in [1.54, 1.807) is 6.07 Å². The van der Waals surface area contributed by atoms with Crippen molar-refractivity contribution in [2.24, 2.45) is 0 Å². The van der Waals surface area contributed by atoms with Gasteiger partial charge in [0.1, 0.15) is 0 Å². The van der Waals surface area contributed by atoms with Crippen molar-refractivity contribution in [1.82, 2.24) is 0 Å². The Bertz CT molecular complexity index is 42.2. The van der Waals surface area contributed by atoms with Crippen LogP contribution in [0.1, 0.15) is 20.8 Å². The van der Waals surface area contributed by atoms with E-state index in [-0.39, 0.29) is 27.1 Å². The first-order chi connectivity index (χ1) is 2.83. The monoisotopic (exact) mass is 211 g/mol. The molecule has 0 unspecified atom stereocenters. The van der Waals surface area contributed by atoms with Gasteiger partial charge in [0.15, 0.2) is 0 Å². The predicted molar refractivity (Wildman–Crippen MR) is 29.4 cm³/mol. The van der Waals surface area contributed by atoms with Crippen LogP contribution in [0.2, 0.25) is 0 Å². The summed E-state index contributed by atoms with van der Waals surface area (Å²) < 4.78 is 0. The molecule has 0 spiro atoms. The fourth-order valence-electron chi connectivity index (χ4n) is 0.